The van der Waals surface area contributed by atoms with E-state index in [1.807, 2.05) is 30.3 Å². The average Bonchev–Trinajstić information content (AvgIpc) is 3.12. The minimum absolute atomic E-state index is 0.00137. The average molecular weight is 526 g/mol. The van der Waals surface area contributed by atoms with Crippen LogP contribution in [0.1, 0.15) is 89.0 Å². The molecule has 0 bridgehead atoms. The zero-order valence-electron chi connectivity index (χ0n) is 20.4. The van der Waals surface area contributed by atoms with Gasteiger partial charge < -0.3 is 9.57 Å². The summed E-state index contributed by atoms with van der Waals surface area (Å²) >= 11 is 0. The molecule has 1 unspecified atom stereocenters. The van der Waals surface area contributed by atoms with E-state index in [2.05, 4.69) is 0 Å². The molecule has 2 rings (SSSR count). The molecule has 200 valence electrons. The molecule has 1 aliphatic heterocycles. The van der Waals surface area contributed by atoms with Crippen molar-refractivity contribution >= 4 is 33.9 Å². The molecule has 1 aromatic rings. The van der Waals surface area contributed by atoms with E-state index in [1.54, 1.807) is 0 Å². The van der Waals surface area contributed by atoms with Crippen LogP contribution in [0.4, 0.5) is 0 Å². The highest BCUT2D eigenvalue weighted by atomic mass is 32.2. The molecule has 0 radical (unpaired) electrons. The normalized spacial score (nSPS) is 15.8. The zero-order chi connectivity index (χ0) is 26.4. The Morgan fingerprint density at radius 3 is 1.83 bits per heavy atom. The van der Waals surface area contributed by atoms with Gasteiger partial charge in [-0.15, -0.1) is 5.06 Å². The lowest BCUT2D eigenvalue weighted by atomic mass is 10.1. The van der Waals surface area contributed by atoms with Crippen LogP contribution in [-0.4, -0.2) is 47.0 Å². The van der Waals surface area contributed by atoms with Crippen molar-refractivity contribution < 1.29 is 41.7 Å². The van der Waals surface area contributed by atoms with Gasteiger partial charge >= 0.3 is 11.9 Å². The number of carbonyl (C=O) groups excluding carboxylic acids is 4. The van der Waals surface area contributed by atoms with Crippen LogP contribution in [0, 0.1) is 0 Å². The van der Waals surface area contributed by atoms with Crippen molar-refractivity contribution in [1.82, 2.24) is 5.06 Å². The lowest BCUT2D eigenvalue weighted by molar-refractivity contribution is -0.197. The van der Waals surface area contributed by atoms with Crippen molar-refractivity contribution in [2.45, 2.75) is 95.3 Å². The summed E-state index contributed by atoms with van der Waals surface area (Å²) in [5.74, 6) is -3.18. The number of amides is 2. The van der Waals surface area contributed by atoms with Gasteiger partial charge in [-0.05, 0) is 18.4 Å². The van der Waals surface area contributed by atoms with Crippen LogP contribution in [0.2, 0.25) is 0 Å². The zero-order valence-corrected chi connectivity index (χ0v) is 21.2. The summed E-state index contributed by atoms with van der Waals surface area (Å²) in [4.78, 5) is 51.8. The first-order valence-electron chi connectivity index (χ1n) is 12.4. The quantitative estimate of drug-likeness (QED) is 0.139. The van der Waals surface area contributed by atoms with E-state index < -0.39 is 39.6 Å². The van der Waals surface area contributed by atoms with Gasteiger partial charge in [0.25, 0.3) is 21.9 Å². The second-order valence-electron chi connectivity index (χ2n) is 8.88. The molecule has 1 saturated heterocycles. The highest BCUT2D eigenvalue weighted by Gasteiger charge is 2.48. The van der Waals surface area contributed by atoms with Gasteiger partial charge in [0.2, 0.25) is 0 Å². The number of carbonyl (C=O) groups is 4. The minimum Gasteiger partial charge on any atom is -0.461 e. The molecule has 2 amide bonds. The van der Waals surface area contributed by atoms with E-state index in [4.69, 9.17) is 14.1 Å². The standard InChI is InChI=1S/C25H35NO9S/c27-22-18-21(36(31,32)33)25(30)26(22)35-24(29)17-13-8-6-4-2-1-3-5-7-12-16-23(28)34-19-20-14-10-9-11-15-20/h9-11,14-15,21H,1-8,12-13,16-19H2,(H,31,32,33). The highest BCUT2D eigenvalue weighted by molar-refractivity contribution is 7.87. The van der Waals surface area contributed by atoms with Crippen LogP contribution in [0.3, 0.4) is 0 Å². The van der Waals surface area contributed by atoms with E-state index in [9.17, 15) is 27.6 Å². The molecule has 1 fully saturated rings. The van der Waals surface area contributed by atoms with Gasteiger partial charge in [0.15, 0.2) is 5.25 Å². The first-order valence-corrected chi connectivity index (χ1v) is 13.9. The summed E-state index contributed by atoms with van der Waals surface area (Å²) in [6.45, 7) is 0.316. The molecule has 0 aliphatic carbocycles. The number of rotatable bonds is 17. The summed E-state index contributed by atoms with van der Waals surface area (Å²) in [5.41, 5.74) is 0.984. The van der Waals surface area contributed by atoms with Crippen molar-refractivity contribution in [3.8, 4) is 0 Å². The maximum Gasteiger partial charge on any atom is 0.333 e. The smallest absolute Gasteiger partial charge is 0.333 e. The van der Waals surface area contributed by atoms with Gasteiger partial charge in [-0.2, -0.15) is 8.42 Å². The number of hydrogen-bond acceptors (Lipinski definition) is 8. The second-order valence-corrected chi connectivity index (χ2v) is 10.5. The van der Waals surface area contributed by atoms with Gasteiger partial charge in [-0.1, -0.05) is 81.7 Å². The first kappa shape index (κ1) is 29.4. The van der Waals surface area contributed by atoms with E-state index in [0.717, 1.165) is 63.4 Å². The fourth-order valence-electron chi connectivity index (χ4n) is 3.82. The molecule has 1 aromatic carbocycles. The number of imide groups is 1. The van der Waals surface area contributed by atoms with Crippen LogP contribution in [-0.2, 0) is 45.5 Å². The fraction of sp³-hybridized carbons (Fsp3) is 0.600. The molecule has 0 saturated carbocycles. The van der Waals surface area contributed by atoms with Crippen LogP contribution in [0.15, 0.2) is 30.3 Å². The van der Waals surface area contributed by atoms with Gasteiger partial charge in [-0.3, -0.25) is 18.9 Å². The SMILES string of the molecule is O=C(CCCCCCCCCCCCC(=O)ON1C(=O)CC(S(=O)(=O)O)C1=O)OCc1ccccc1. The lowest BCUT2D eigenvalue weighted by Crippen LogP contribution is -2.36. The Kier molecular flexibility index (Phi) is 12.6. The van der Waals surface area contributed by atoms with Crippen LogP contribution in [0.25, 0.3) is 0 Å². The third kappa shape index (κ3) is 10.9. The van der Waals surface area contributed by atoms with E-state index in [0.29, 0.717) is 19.4 Å². The predicted molar refractivity (Wildman–Crippen MR) is 130 cm³/mol. The maximum atomic E-state index is 11.8. The molecule has 1 atom stereocenters. The van der Waals surface area contributed by atoms with E-state index in [-0.39, 0.29) is 17.5 Å². The molecule has 11 heteroatoms. The summed E-state index contributed by atoms with van der Waals surface area (Å²) in [6.07, 6.45) is 9.16. The summed E-state index contributed by atoms with van der Waals surface area (Å²) in [6, 6.07) is 9.60. The summed E-state index contributed by atoms with van der Waals surface area (Å²) in [7, 11) is -4.73. The Labute approximate surface area is 212 Å². The molecule has 0 aromatic heterocycles. The van der Waals surface area contributed by atoms with Crippen LogP contribution in [0.5, 0.6) is 0 Å². The number of unbranched alkanes of at least 4 members (excludes halogenated alkanes) is 9. The van der Waals surface area contributed by atoms with Gasteiger partial charge in [0, 0.05) is 12.8 Å². The largest absolute Gasteiger partial charge is 0.461 e. The monoisotopic (exact) mass is 525 g/mol. The first-order chi connectivity index (χ1) is 17.2. The van der Waals surface area contributed by atoms with Crippen molar-refractivity contribution in [3.63, 3.8) is 0 Å². The number of benzene rings is 1. The lowest BCUT2D eigenvalue weighted by Gasteiger charge is -2.13. The number of hydrogen-bond donors (Lipinski definition) is 1. The molecule has 1 aliphatic rings. The molecule has 0 spiro atoms. The number of ether oxygens (including phenoxy) is 1. The predicted octanol–water partition coefficient (Wildman–Crippen LogP) is 3.88. The molecular weight excluding hydrogens is 490 g/mol. The van der Waals surface area contributed by atoms with E-state index in [1.165, 1.54) is 0 Å². The Morgan fingerprint density at radius 1 is 0.833 bits per heavy atom. The Morgan fingerprint density at radius 2 is 1.33 bits per heavy atom. The molecule has 1 N–H and O–H groups in total. The van der Waals surface area contributed by atoms with Crippen molar-refractivity contribution in [1.29, 1.82) is 0 Å². The van der Waals surface area contributed by atoms with Crippen LogP contribution >= 0.6 is 0 Å². The third-order valence-corrected chi connectivity index (χ3v) is 6.96. The van der Waals surface area contributed by atoms with Crippen molar-refractivity contribution in [3.05, 3.63) is 35.9 Å². The summed E-state index contributed by atoms with van der Waals surface area (Å²) in [5, 5.41) is -1.78. The highest BCUT2D eigenvalue weighted by Crippen LogP contribution is 2.20. The number of esters is 1. The Hall–Kier alpha value is -2.79. The van der Waals surface area contributed by atoms with Gasteiger partial charge in [0.05, 0.1) is 6.42 Å². The van der Waals surface area contributed by atoms with Gasteiger partial charge in [0.1, 0.15) is 6.61 Å². The number of hydroxylamine groups is 2. The van der Waals surface area contributed by atoms with Crippen molar-refractivity contribution in [2.24, 2.45) is 0 Å². The molecular formula is C25H35NO9S. The Bertz CT molecular complexity index is 979. The van der Waals surface area contributed by atoms with Crippen LogP contribution < -0.4 is 0 Å². The minimum atomic E-state index is -4.73. The molecule has 1 heterocycles. The second kappa shape index (κ2) is 15.4. The summed E-state index contributed by atoms with van der Waals surface area (Å²) < 4.78 is 36.4. The van der Waals surface area contributed by atoms with Crippen molar-refractivity contribution in [2.75, 3.05) is 0 Å². The molecule has 36 heavy (non-hydrogen) atoms. The maximum absolute atomic E-state index is 11.8. The van der Waals surface area contributed by atoms with Gasteiger partial charge in [-0.25, -0.2) is 4.79 Å². The number of nitrogens with zero attached hydrogens (tertiary/aromatic N) is 1. The topological polar surface area (TPSA) is 144 Å². The fourth-order valence-corrected chi connectivity index (χ4v) is 4.53. The Balaban J connectivity index is 1.40. The third-order valence-electron chi connectivity index (χ3n) is 5.87. The van der Waals surface area contributed by atoms with E-state index >= 15 is 0 Å². The molecule has 10 nitrogen and oxygen atoms in total.